The minimum atomic E-state index is -4.40. The molecule has 0 rings (SSSR count). The Hall–Kier alpha value is -2.81. The Balaban J connectivity index is 3.92. The van der Waals surface area contributed by atoms with Crippen LogP contribution in [0.4, 0.5) is 0 Å². The second-order valence-electron chi connectivity index (χ2n) is 28.4. The molecule has 0 saturated carbocycles. The summed E-state index contributed by atoms with van der Waals surface area (Å²) in [5.74, 6) is -0.785. The summed E-state index contributed by atoms with van der Waals surface area (Å²) in [6.45, 7) is 4.37. The van der Waals surface area contributed by atoms with Crippen molar-refractivity contribution in [1.82, 2.24) is 0 Å². The molecule has 94 heavy (non-hydrogen) atoms. The molecule has 0 aromatic rings. The minimum Gasteiger partial charge on any atom is -0.462 e. The van der Waals surface area contributed by atoms with Gasteiger partial charge in [-0.05, 0) is 89.9 Å². The van der Waals surface area contributed by atoms with Gasteiger partial charge in [0, 0.05) is 12.8 Å². The molecule has 9 nitrogen and oxygen atoms in total. The first kappa shape index (κ1) is 91.2. The Bertz CT molecular complexity index is 1860. The van der Waals surface area contributed by atoms with Crippen molar-refractivity contribution in [2.24, 2.45) is 0 Å². The summed E-state index contributed by atoms with van der Waals surface area (Å²) >= 11 is 0. The molecule has 2 atom stereocenters. The van der Waals surface area contributed by atoms with Crippen LogP contribution in [0.5, 0.6) is 0 Å². The number of carbonyl (C=O) groups excluding carboxylic acids is 2. The summed E-state index contributed by atoms with van der Waals surface area (Å²) in [5, 5.41) is 0. The standard InChI is InChI=1S/C84H154NO8P/c1-6-8-10-12-14-16-18-20-22-24-26-28-30-32-34-36-38-39-40-41-42-43-44-45-47-48-50-52-54-56-58-60-62-64-66-68-70-72-74-76-83(86)90-80-82(81-92-94(88,89)91-79-78-85(3,4)5)93-84(87)77-75-73-71-69-67-65-63-61-59-57-55-53-51-49-46-37-35-33-31-29-27-25-23-21-19-17-15-13-11-9-7-2/h9,11,15,17,21,23-24,26-27,29,33,35,46,49,82H,6-8,10,12-14,16,18-20,22,25,28,30-32,34,36-45,47-48,50-81H2,1-5H3/p+1/b11-9-,17-15-,23-21-,26-24-,29-27-,35-33-,49-46-. The van der Waals surface area contributed by atoms with Crippen molar-refractivity contribution >= 4 is 19.8 Å². The topological polar surface area (TPSA) is 108 Å². The molecule has 0 aromatic carbocycles. The van der Waals surface area contributed by atoms with Gasteiger partial charge in [0.2, 0.25) is 0 Å². The number of carbonyl (C=O) groups is 2. The average molecular weight is 1340 g/mol. The molecular formula is C84H155NO8P+. The molecule has 548 valence electrons. The van der Waals surface area contributed by atoms with Gasteiger partial charge in [-0.15, -0.1) is 0 Å². The van der Waals surface area contributed by atoms with E-state index >= 15 is 0 Å². The summed E-state index contributed by atoms with van der Waals surface area (Å²) < 4.78 is 34.8. The van der Waals surface area contributed by atoms with Crippen LogP contribution < -0.4 is 0 Å². The molecule has 0 aliphatic rings. The van der Waals surface area contributed by atoms with Crippen LogP contribution in [0, 0.1) is 0 Å². The van der Waals surface area contributed by atoms with Crippen LogP contribution in [0.25, 0.3) is 0 Å². The number of rotatable bonds is 75. The number of hydrogen-bond donors (Lipinski definition) is 1. The minimum absolute atomic E-state index is 0.0305. The third-order valence-corrected chi connectivity index (χ3v) is 18.9. The Morgan fingerprint density at radius 2 is 0.606 bits per heavy atom. The van der Waals surface area contributed by atoms with Gasteiger partial charge < -0.3 is 18.9 Å². The van der Waals surface area contributed by atoms with E-state index in [1.807, 2.05) is 21.1 Å². The van der Waals surface area contributed by atoms with Crippen molar-refractivity contribution in [2.75, 3.05) is 47.5 Å². The number of quaternary nitrogens is 1. The maximum absolute atomic E-state index is 12.9. The van der Waals surface area contributed by atoms with Crippen molar-refractivity contribution < 1.29 is 42.1 Å². The molecule has 0 aliphatic carbocycles. The highest BCUT2D eigenvalue weighted by Gasteiger charge is 2.27. The summed E-state index contributed by atoms with van der Waals surface area (Å²) in [6, 6.07) is 0. The Morgan fingerprint density at radius 1 is 0.340 bits per heavy atom. The number of unbranched alkanes of at least 4 members (excludes halogenated alkanes) is 47. The first-order valence-electron chi connectivity index (χ1n) is 40.3. The molecule has 0 fully saturated rings. The number of allylic oxidation sites excluding steroid dienone is 14. The van der Waals surface area contributed by atoms with E-state index in [0.717, 1.165) is 77.0 Å². The predicted molar refractivity (Wildman–Crippen MR) is 409 cm³/mol. The largest absolute Gasteiger partial charge is 0.472 e. The summed E-state index contributed by atoms with van der Waals surface area (Å²) in [6.07, 6.45) is 103. The number of phosphoric ester groups is 1. The van der Waals surface area contributed by atoms with E-state index in [-0.39, 0.29) is 25.6 Å². The predicted octanol–water partition coefficient (Wildman–Crippen LogP) is 26.8. The molecule has 0 spiro atoms. The van der Waals surface area contributed by atoms with Gasteiger partial charge in [-0.1, -0.05) is 369 Å². The fourth-order valence-corrected chi connectivity index (χ4v) is 12.5. The van der Waals surface area contributed by atoms with Gasteiger partial charge in [0.25, 0.3) is 0 Å². The van der Waals surface area contributed by atoms with Gasteiger partial charge in [-0.2, -0.15) is 0 Å². The van der Waals surface area contributed by atoms with Gasteiger partial charge >= 0.3 is 19.8 Å². The Morgan fingerprint density at radius 3 is 0.915 bits per heavy atom. The van der Waals surface area contributed by atoms with Crippen LogP contribution >= 0.6 is 7.82 Å². The number of ether oxygens (including phenoxy) is 2. The van der Waals surface area contributed by atoms with Crippen molar-refractivity contribution in [2.45, 2.75) is 392 Å². The Labute approximate surface area is 583 Å². The highest BCUT2D eigenvalue weighted by molar-refractivity contribution is 7.47. The van der Waals surface area contributed by atoms with Gasteiger partial charge in [-0.25, -0.2) is 4.57 Å². The molecule has 0 saturated heterocycles. The van der Waals surface area contributed by atoms with Crippen LogP contribution in [0.1, 0.15) is 386 Å². The van der Waals surface area contributed by atoms with Gasteiger partial charge in [0.05, 0.1) is 27.7 Å². The molecule has 0 heterocycles. The van der Waals surface area contributed by atoms with E-state index in [4.69, 9.17) is 18.5 Å². The van der Waals surface area contributed by atoms with Gasteiger partial charge in [0.1, 0.15) is 19.8 Å². The lowest BCUT2D eigenvalue weighted by molar-refractivity contribution is -0.870. The second-order valence-corrected chi connectivity index (χ2v) is 29.9. The second kappa shape index (κ2) is 74.4. The van der Waals surface area contributed by atoms with Crippen LogP contribution in [-0.2, 0) is 32.7 Å². The maximum Gasteiger partial charge on any atom is 0.472 e. The lowest BCUT2D eigenvalue weighted by Crippen LogP contribution is -2.37. The summed E-state index contributed by atoms with van der Waals surface area (Å²) in [7, 11) is 1.49. The first-order valence-corrected chi connectivity index (χ1v) is 41.8. The number of likely N-dealkylation sites (N-methyl/N-ethyl adjacent to an activating group) is 1. The monoisotopic (exact) mass is 1340 g/mol. The molecule has 0 amide bonds. The zero-order chi connectivity index (χ0) is 68.3. The molecule has 0 bridgehead atoms. The van der Waals surface area contributed by atoms with Gasteiger partial charge in [-0.3, -0.25) is 18.6 Å². The molecular weight excluding hydrogens is 1180 g/mol. The van der Waals surface area contributed by atoms with Crippen LogP contribution in [0.15, 0.2) is 85.1 Å². The number of nitrogens with zero attached hydrogens (tertiary/aromatic N) is 1. The van der Waals surface area contributed by atoms with Crippen molar-refractivity contribution in [3.05, 3.63) is 85.1 Å². The zero-order valence-corrected chi connectivity index (χ0v) is 63.6. The van der Waals surface area contributed by atoms with E-state index in [1.165, 1.54) is 276 Å². The third kappa shape index (κ3) is 78.2. The Kier molecular flexibility index (Phi) is 72.2. The van der Waals surface area contributed by atoms with E-state index in [9.17, 15) is 19.0 Å². The highest BCUT2D eigenvalue weighted by Crippen LogP contribution is 2.43. The summed E-state index contributed by atoms with van der Waals surface area (Å²) in [4.78, 5) is 36.0. The SMILES string of the molecule is CC/C=C\C/C=C\C/C=C\C/C=C\C/C=C\C/C=C\CCCCCCCCCCCCCCC(=O)OC(COC(=O)CCCCCCCCCCCCCCCCCCCCCCCCCCCCC/C=C\CCCCCCCCCC)COP(=O)(O)OCC[N+](C)(C)C. The molecule has 10 heteroatoms. The number of phosphoric acid groups is 1. The fourth-order valence-electron chi connectivity index (χ4n) is 11.8. The molecule has 0 aliphatic heterocycles. The molecule has 0 radical (unpaired) electrons. The third-order valence-electron chi connectivity index (χ3n) is 17.9. The molecule has 1 N–H and O–H groups in total. The normalized spacial score (nSPS) is 13.5. The fraction of sp³-hybridized carbons (Fsp3) is 0.810. The highest BCUT2D eigenvalue weighted by atomic mass is 31.2. The lowest BCUT2D eigenvalue weighted by Gasteiger charge is -2.24. The first-order chi connectivity index (χ1) is 46.0. The van der Waals surface area contributed by atoms with Crippen LogP contribution in [0.3, 0.4) is 0 Å². The van der Waals surface area contributed by atoms with Gasteiger partial charge in [0.15, 0.2) is 6.10 Å². The lowest BCUT2D eigenvalue weighted by atomic mass is 10.0. The molecule has 0 aromatic heterocycles. The van der Waals surface area contributed by atoms with Crippen LogP contribution in [-0.4, -0.2) is 74.9 Å². The smallest absolute Gasteiger partial charge is 0.462 e. The quantitative estimate of drug-likeness (QED) is 0.0211. The van der Waals surface area contributed by atoms with E-state index < -0.39 is 26.5 Å². The number of hydrogen-bond acceptors (Lipinski definition) is 7. The van der Waals surface area contributed by atoms with Crippen molar-refractivity contribution in [1.29, 1.82) is 0 Å². The van der Waals surface area contributed by atoms with Crippen LogP contribution in [0.2, 0.25) is 0 Å². The van der Waals surface area contributed by atoms with Crippen molar-refractivity contribution in [3.63, 3.8) is 0 Å². The summed E-state index contributed by atoms with van der Waals surface area (Å²) in [5.41, 5.74) is 0. The zero-order valence-electron chi connectivity index (χ0n) is 62.7. The average Bonchev–Trinajstić information content (AvgIpc) is 1.66. The van der Waals surface area contributed by atoms with E-state index in [0.29, 0.717) is 23.9 Å². The van der Waals surface area contributed by atoms with Crippen molar-refractivity contribution in [3.8, 4) is 0 Å². The van der Waals surface area contributed by atoms with E-state index in [2.05, 4.69) is 98.9 Å². The van der Waals surface area contributed by atoms with E-state index in [1.54, 1.807) is 0 Å². The number of esters is 2. The molecule has 2 unspecified atom stereocenters. The maximum atomic E-state index is 12.9.